The Morgan fingerprint density at radius 1 is 1.41 bits per heavy atom. The Kier molecular flexibility index (Phi) is 8.57. The number of nitrogens with one attached hydrogen (secondary N) is 2. The lowest BCUT2D eigenvalue weighted by molar-refractivity contribution is -0.139. The molecule has 0 spiro atoms. The quantitative estimate of drug-likeness (QED) is 0.464. The van der Waals surface area contributed by atoms with Crippen molar-refractivity contribution in [3.63, 3.8) is 0 Å². The van der Waals surface area contributed by atoms with Crippen LogP contribution in [-0.4, -0.2) is 29.7 Å². The first-order valence-corrected chi connectivity index (χ1v) is 5.78. The first-order valence-electron chi connectivity index (χ1n) is 5.78. The van der Waals surface area contributed by atoms with Gasteiger partial charge in [0.05, 0.1) is 0 Å². The lowest BCUT2D eigenvalue weighted by Crippen LogP contribution is -2.46. The van der Waals surface area contributed by atoms with Gasteiger partial charge in [0.2, 0.25) is 0 Å². The van der Waals surface area contributed by atoms with Gasteiger partial charge in [-0.3, -0.25) is 0 Å². The van der Waals surface area contributed by atoms with E-state index in [0.29, 0.717) is 19.4 Å². The van der Waals surface area contributed by atoms with Gasteiger partial charge in [0.15, 0.2) is 0 Å². The zero-order chi connectivity index (χ0) is 13.1. The van der Waals surface area contributed by atoms with Crippen LogP contribution in [0.4, 0.5) is 4.79 Å². The molecule has 0 saturated carbocycles. The SMILES string of the molecule is CC#CCCNC(=O)N[C@@H](CCCC)C(=O)O. The van der Waals surface area contributed by atoms with Crippen LogP contribution < -0.4 is 10.6 Å². The fourth-order valence-electron chi connectivity index (χ4n) is 1.24. The number of aliphatic carboxylic acids is 1. The molecule has 5 heteroatoms. The third-order valence-corrected chi connectivity index (χ3v) is 2.16. The van der Waals surface area contributed by atoms with E-state index in [2.05, 4.69) is 22.5 Å². The van der Waals surface area contributed by atoms with Crippen molar-refractivity contribution in [2.75, 3.05) is 6.54 Å². The summed E-state index contributed by atoms with van der Waals surface area (Å²) in [6, 6.07) is -1.27. The summed E-state index contributed by atoms with van der Waals surface area (Å²) < 4.78 is 0. The van der Waals surface area contributed by atoms with Crippen molar-refractivity contribution in [2.24, 2.45) is 0 Å². The summed E-state index contributed by atoms with van der Waals surface area (Å²) >= 11 is 0. The second kappa shape index (κ2) is 9.52. The minimum Gasteiger partial charge on any atom is -0.480 e. The molecule has 0 aliphatic heterocycles. The number of hydrogen-bond donors (Lipinski definition) is 3. The van der Waals surface area contributed by atoms with E-state index < -0.39 is 18.0 Å². The molecule has 0 saturated heterocycles. The molecule has 3 N–H and O–H groups in total. The van der Waals surface area contributed by atoms with Crippen LogP contribution >= 0.6 is 0 Å². The first kappa shape index (κ1) is 15.3. The van der Waals surface area contributed by atoms with E-state index in [9.17, 15) is 9.59 Å². The predicted octanol–water partition coefficient (Wildman–Crippen LogP) is 1.34. The molecule has 0 unspecified atom stereocenters. The van der Waals surface area contributed by atoms with Crippen LogP contribution in [0.3, 0.4) is 0 Å². The number of urea groups is 1. The molecule has 2 amide bonds. The Hall–Kier alpha value is -1.70. The van der Waals surface area contributed by atoms with E-state index in [-0.39, 0.29) is 0 Å². The lowest BCUT2D eigenvalue weighted by atomic mass is 10.1. The number of carboxylic acid groups (broad SMARTS) is 1. The average Bonchev–Trinajstić information content (AvgIpc) is 2.29. The molecule has 0 bridgehead atoms. The molecule has 5 nitrogen and oxygen atoms in total. The maximum Gasteiger partial charge on any atom is 0.326 e. The van der Waals surface area contributed by atoms with Crippen molar-refractivity contribution < 1.29 is 14.7 Å². The third-order valence-electron chi connectivity index (χ3n) is 2.16. The van der Waals surface area contributed by atoms with E-state index in [0.717, 1.165) is 12.8 Å². The lowest BCUT2D eigenvalue weighted by Gasteiger charge is -2.14. The minimum absolute atomic E-state index is 0.423. The summed E-state index contributed by atoms with van der Waals surface area (Å²) in [5.74, 6) is 4.52. The highest BCUT2D eigenvalue weighted by molar-refractivity contribution is 5.82. The zero-order valence-corrected chi connectivity index (χ0v) is 10.4. The van der Waals surface area contributed by atoms with E-state index in [1.54, 1.807) is 6.92 Å². The highest BCUT2D eigenvalue weighted by Gasteiger charge is 2.18. The molecule has 0 aliphatic carbocycles. The van der Waals surface area contributed by atoms with Crippen LogP contribution in [0.15, 0.2) is 0 Å². The molecule has 0 heterocycles. The van der Waals surface area contributed by atoms with Gasteiger partial charge in [-0.2, -0.15) is 0 Å². The Morgan fingerprint density at radius 2 is 2.12 bits per heavy atom. The smallest absolute Gasteiger partial charge is 0.326 e. The highest BCUT2D eigenvalue weighted by atomic mass is 16.4. The number of carbonyl (C=O) groups is 2. The van der Waals surface area contributed by atoms with Gasteiger partial charge in [0.25, 0.3) is 0 Å². The van der Waals surface area contributed by atoms with Crippen LogP contribution in [0.25, 0.3) is 0 Å². The highest BCUT2D eigenvalue weighted by Crippen LogP contribution is 2.00. The van der Waals surface area contributed by atoms with E-state index >= 15 is 0 Å². The summed E-state index contributed by atoms with van der Waals surface area (Å²) in [6.45, 7) is 4.13. The number of carbonyl (C=O) groups excluding carboxylic acids is 1. The topological polar surface area (TPSA) is 78.4 Å². The number of carboxylic acids is 1. The molecule has 0 aromatic carbocycles. The van der Waals surface area contributed by atoms with Crippen molar-refractivity contribution >= 4 is 12.0 Å². The summed E-state index contributed by atoms with van der Waals surface area (Å²) in [6.07, 6.45) is 2.70. The van der Waals surface area contributed by atoms with Gasteiger partial charge in [-0.1, -0.05) is 19.8 Å². The fourth-order valence-corrected chi connectivity index (χ4v) is 1.24. The molecule has 1 atom stereocenters. The molecule has 17 heavy (non-hydrogen) atoms. The summed E-state index contributed by atoms with van der Waals surface area (Å²) in [4.78, 5) is 22.2. The Labute approximate surface area is 102 Å². The summed E-state index contributed by atoms with van der Waals surface area (Å²) in [7, 11) is 0. The molecule has 0 aromatic heterocycles. The van der Waals surface area contributed by atoms with Gasteiger partial charge in [-0.15, -0.1) is 11.8 Å². The van der Waals surface area contributed by atoms with Gasteiger partial charge in [0, 0.05) is 13.0 Å². The fraction of sp³-hybridized carbons (Fsp3) is 0.667. The van der Waals surface area contributed by atoms with E-state index in [1.807, 2.05) is 6.92 Å². The average molecular weight is 240 g/mol. The van der Waals surface area contributed by atoms with Crippen molar-refractivity contribution in [1.29, 1.82) is 0 Å². The molecule has 0 radical (unpaired) electrons. The molecule has 0 aromatic rings. The predicted molar refractivity (Wildman–Crippen MR) is 65.6 cm³/mol. The monoisotopic (exact) mass is 240 g/mol. The molecular formula is C12H20N2O3. The Bertz CT molecular complexity index is 305. The zero-order valence-electron chi connectivity index (χ0n) is 10.4. The minimum atomic E-state index is -0.998. The van der Waals surface area contributed by atoms with E-state index in [1.165, 1.54) is 0 Å². The number of amides is 2. The number of unbranched alkanes of at least 4 members (excludes halogenated alkanes) is 1. The first-order chi connectivity index (χ1) is 8.11. The van der Waals surface area contributed by atoms with Crippen LogP contribution in [0, 0.1) is 11.8 Å². The molecule has 0 fully saturated rings. The third kappa shape index (κ3) is 8.14. The van der Waals surface area contributed by atoms with Gasteiger partial charge >= 0.3 is 12.0 Å². The van der Waals surface area contributed by atoms with Gasteiger partial charge in [-0.05, 0) is 13.3 Å². The van der Waals surface area contributed by atoms with Crippen LogP contribution in [0.5, 0.6) is 0 Å². The number of rotatable bonds is 7. The summed E-state index contributed by atoms with van der Waals surface area (Å²) in [5, 5.41) is 13.9. The van der Waals surface area contributed by atoms with Gasteiger partial charge in [0.1, 0.15) is 6.04 Å². The van der Waals surface area contributed by atoms with E-state index in [4.69, 9.17) is 5.11 Å². The van der Waals surface area contributed by atoms with Crippen molar-refractivity contribution in [3.8, 4) is 11.8 Å². The van der Waals surface area contributed by atoms with Crippen molar-refractivity contribution in [1.82, 2.24) is 10.6 Å². The standard InChI is InChI=1S/C12H20N2O3/c1-3-5-7-9-13-12(17)14-10(11(15)16)8-6-4-2/h10H,4,6-9H2,1-2H3,(H,15,16)(H2,13,14,17)/t10-/m0/s1. The molecule has 0 rings (SSSR count). The maximum atomic E-state index is 11.4. The second-order valence-electron chi connectivity index (χ2n) is 3.61. The Balaban J connectivity index is 3.93. The largest absolute Gasteiger partial charge is 0.480 e. The van der Waals surface area contributed by atoms with Gasteiger partial charge < -0.3 is 15.7 Å². The molecular weight excluding hydrogens is 220 g/mol. The van der Waals surface area contributed by atoms with Crippen LogP contribution in [0.1, 0.15) is 39.5 Å². The normalized spacial score (nSPS) is 10.9. The van der Waals surface area contributed by atoms with Crippen LogP contribution in [0.2, 0.25) is 0 Å². The second-order valence-corrected chi connectivity index (χ2v) is 3.61. The molecule has 96 valence electrons. The maximum absolute atomic E-state index is 11.4. The molecule has 0 aliphatic rings. The van der Waals surface area contributed by atoms with Crippen molar-refractivity contribution in [2.45, 2.75) is 45.6 Å². The number of hydrogen-bond acceptors (Lipinski definition) is 2. The van der Waals surface area contributed by atoms with Crippen molar-refractivity contribution in [3.05, 3.63) is 0 Å². The van der Waals surface area contributed by atoms with Crippen LogP contribution in [-0.2, 0) is 4.79 Å². The van der Waals surface area contributed by atoms with Gasteiger partial charge in [-0.25, -0.2) is 9.59 Å². The summed E-state index contributed by atoms with van der Waals surface area (Å²) in [5.41, 5.74) is 0. The Morgan fingerprint density at radius 3 is 2.65 bits per heavy atom.